The number of hydrazone groups is 1. The molecule has 0 aliphatic rings. The van der Waals surface area contributed by atoms with Gasteiger partial charge >= 0.3 is 12.1 Å². The zero-order valence-electron chi connectivity index (χ0n) is 14.5. The molecule has 0 atom stereocenters. The van der Waals surface area contributed by atoms with Gasteiger partial charge < -0.3 is 18.9 Å². The predicted octanol–water partition coefficient (Wildman–Crippen LogP) is 2.61. The lowest BCUT2D eigenvalue weighted by atomic mass is 10.2. The summed E-state index contributed by atoms with van der Waals surface area (Å²) in [7, 11) is 4.16. The molecule has 1 N–H and O–H groups in total. The molecule has 8 heteroatoms. The molecule has 0 spiro atoms. The summed E-state index contributed by atoms with van der Waals surface area (Å²) in [5, 5.41) is 3.72. The van der Waals surface area contributed by atoms with Crippen molar-refractivity contribution in [2.75, 3.05) is 21.3 Å². The summed E-state index contributed by atoms with van der Waals surface area (Å²) in [6, 6.07) is 11.6. The number of amides is 1. The number of esters is 1. The highest BCUT2D eigenvalue weighted by Gasteiger charge is 2.16. The van der Waals surface area contributed by atoms with Gasteiger partial charge in [-0.1, -0.05) is 12.1 Å². The van der Waals surface area contributed by atoms with Crippen LogP contribution in [0.1, 0.15) is 15.9 Å². The fourth-order valence-electron chi connectivity index (χ4n) is 2.02. The Morgan fingerprint density at radius 1 is 0.962 bits per heavy atom. The highest BCUT2D eigenvalue weighted by Crippen LogP contribution is 2.29. The fraction of sp³-hybridized carbons (Fsp3) is 0.167. The van der Waals surface area contributed by atoms with Crippen molar-refractivity contribution in [1.29, 1.82) is 0 Å². The molecule has 0 saturated heterocycles. The van der Waals surface area contributed by atoms with Crippen molar-refractivity contribution in [1.82, 2.24) is 5.43 Å². The van der Waals surface area contributed by atoms with E-state index in [1.54, 1.807) is 42.5 Å². The molecule has 8 nitrogen and oxygen atoms in total. The monoisotopic (exact) mass is 358 g/mol. The van der Waals surface area contributed by atoms with Crippen LogP contribution in [0.3, 0.4) is 0 Å². The summed E-state index contributed by atoms with van der Waals surface area (Å²) in [6.45, 7) is 0. The number of carbonyl (C=O) groups is 2. The first-order chi connectivity index (χ1) is 12.6. The van der Waals surface area contributed by atoms with Crippen LogP contribution in [0.15, 0.2) is 47.6 Å². The van der Waals surface area contributed by atoms with Gasteiger partial charge in [0.15, 0.2) is 11.5 Å². The number of nitrogens with one attached hydrogen (secondary N) is 1. The number of methoxy groups -OCH3 is 3. The van der Waals surface area contributed by atoms with E-state index in [2.05, 4.69) is 15.3 Å². The maximum absolute atomic E-state index is 12.4. The number of hydrogen-bond donors (Lipinski definition) is 1. The Kier molecular flexibility index (Phi) is 6.55. The quantitative estimate of drug-likeness (QED) is 0.369. The van der Waals surface area contributed by atoms with Gasteiger partial charge in [-0.2, -0.15) is 5.10 Å². The summed E-state index contributed by atoms with van der Waals surface area (Å²) in [5.41, 5.74) is 3.08. The van der Waals surface area contributed by atoms with Crippen LogP contribution in [0.4, 0.5) is 4.79 Å². The molecule has 136 valence electrons. The van der Waals surface area contributed by atoms with Crippen LogP contribution >= 0.6 is 0 Å². The molecule has 2 aromatic carbocycles. The summed E-state index contributed by atoms with van der Waals surface area (Å²) in [4.78, 5) is 23.3. The van der Waals surface area contributed by atoms with E-state index in [1.807, 2.05) is 0 Å². The van der Waals surface area contributed by atoms with Gasteiger partial charge in [-0.15, -0.1) is 0 Å². The van der Waals surface area contributed by atoms with Crippen LogP contribution in [0.25, 0.3) is 0 Å². The molecule has 2 aromatic rings. The number of hydrogen-bond acceptors (Lipinski definition) is 7. The van der Waals surface area contributed by atoms with Crippen molar-refractivity contribution < 1.29 is 28.5 Å². The molecule has 26 heavy (non-hydrogen) atoms. The SMILES string of the molecule is COC(=O)N/N=C/c1ccc(OC(=O)c2ccccc2OC)c(OC)c1. The van der Waals surface area contributed by atoms with Crippen molar-refractivity contribution in [3.8, 4) is 17.2 Å². The molecular weight excluding hydrogens is 340 g/mol. The second-order valence-electron chi connectivity index (χ2n) is 4.86. The summed E-state index contributed by atoms with van der Waals surface area (Å²) in [5.74, 6) is 0.403. The van der Waals surface area contributed by atoms with Crippen molar-refractivity contribution in [3.63, 3.8) is 0 Å². The van der Waals surface area contributed by atoms with E-state index in [4.69, 9.17) is 14.2 Å². The van der Waals surface area contributed by atoms with Gasteiger partial charge in [0, 0.05) is 0 Å². The molecule has 0 radical (unpaired) electrons. The first kappa shape index (κ1) is 18.8. The highest BCUT2D eigenvalue weighted by molar-refractivity contribution is 5.94. The lowest BCUT2D eigenvalue weighted by molar-refractivity contribution is 0.0726. The van der Waals surface area contributed by atoms with Crippen LogP contribution in [0.2, 0.25) is 0 Å². The molecule has 0 aromatic heterocycles. The Morgan fingerprint density at radius 3 is 2.38 bits per heavy atom. The van der Waals surface area contributed by atoms with Crippen LogP contribution in [0.5, 0.6) is 17.2 Å². The van der Waals surface area contributed by atoms with Gasteiger partial charge in [-0.25, -0.2) is 15.0 Å². The van der Waals surface area contributed by atoms with Crippen LogP contribution in [0, 0.1) is 0 Å². The van der Waals surface area contributed by atoms with E-state index in [0.717, 1.165) is 0 Å². The van der Waals surface area contributed by atoms with Gasteiger partial charge in [0.05, 0.1) is 27.5 Å². The van der Waals surface area contributed by atoms with Crippen LogP contribution in [-0.4, -0.2) is 39.6 Å². The number of nitrogens with zero attached hydrogens (tertiary/aromatic N) is 1. The largest absolute Gasteiger partial charge is 0.496 e. The number of carbonyl (C=O) groups excluding carboxylic acids is 2. The third-order valence-corrected chi connectivity index (χ3v) is 3.27. The summed E-state index contributed by atoms with van der Waals surface area (Å²) in [6.07, 6.45) is 0.709. The highest BCUT2D eigenvalue weighted by atomic mass is 16.6. The van der Waals surface area contributed by atoms with Gasteiger partial charge in [-0.3, -0.25) is 0 Å². The normalized spacial score (nSPS) is 10.3. The Morgan fingerprint density at radius 2 is 1.69 bits per heavy atom. The van der Waals surface area contributed by atoms with Gasteiger partial charge in [-0.05, 0) is 35.9 Å². The molecule has 0 unspecified atom stereocenters. The maximum Gasteiger partial charge on any atom is 0.427 e. The Balaban J connectivity index is 2.17. The van der Waals surface area contributed by atoms with Gasteiger partial charge in [0.25, 0.3) is 0 Å². The maximum atomic E-state index is 12.4. The van der Waals surface area contributed by atoms with Crippen molar-refractivity contribution in [2.45, 2.75) is 0 Å². The van der Waals surface area contributed by atoms with Crippen molar-refractivity contribution in [3.05, 3.63) is 53.6 Å². The van der Waals surface area contributed by atoms with Gasteiger partial charge in [0.2, 0.25) is 0 Å². The van der Waals surface area contributed by atoms with E-state index in [-0.39, 0.29) is 5.75 Å². The van der Waals surface area contributed by atoms with Crippen molar-refractivity contribution >= 4 is 18.3 Å². The average molecular weight is 358 g/mol. The third-order valence-electron chi connectivity index (χ3n) is 3.27. The fourth-order valence-corrected chi connectivity index (χ4v) is 2.02. The second-order valence-corrected chi connectivity index (χ2v) is 4.86. The molecule has 1 amide bonds. The Bertz CT molecular complexity index is 819. The number of benzene rings is 2. The van der Waals surface area contributed by atoms with E-state index >= 15 is 0 Å². The molecule has 2 rings (SSSR count). The van der Waals surface area contributed by atoms with E-state index in [0.29, 0.717) is 22.6 Å². The smallest absolute Gasteiger partial charge is 0.427 e. The lowest BCUT2D eigenvalue weighted by Crippen LogP contribution is -2.16. The zero-order chi connectivity index (χ0) is 18.9. The molecule has 0 bridgehead atoms. The van der Waals surface area contributed by atoms with E-state index < -0.39 is 12.1 Å². The van der Waals surface area contributed by atoms with Gasteiger partial charge in [0.1, 0.15) is 11.3 Å². The molecule has 0 heterocycles. The molecule has 0 fully saturated rings. The number of ether oxygens (including phenoxy) is 4. The first-order valence-electron chi connectivity index (χ1n) is 7.49. The third kappa shape index (κ3) is 4.73. The zero-order valence-corrected chi connectivity index (χ0v) is 14.5. The number of rotatable bonds is 6. The average Bonchev–Trinajstić information content (AvgIpc) is 2.68. The Labute approximate surface area is 150 Å². The summed E-state index contributed by atoms with van der Waals surface area (Å²) >= 11 is 0. The van der Waals surface area contributed by atoms with Crippen LogP contribution < -0.4 is 19.6 Å². The molecular formula is C18H18N2O6. The molecule has 0 aliphatic carbocycles. The second kappa shape index (κ2) is 9.07. The van der Waals surface area contributed by atoms with Crippen LogP contribution in [-0.2, 0) is 4.74 Å². The predicted molar refractivity (Wildman–Crippen MR) is 94.1 cm³/mol. The molecule has 0 aliphatic heterocycles. The molecule has 0 saturated carbocycles. The Hall–Kier alpha value is -3.55. The topological polar surface area (TPSA) is 95.5 Å². The lowest BCUT2D eigenvalue weighted by Gasteiger charge is -2.11. The van der Waals surface area contributed by atoms with Crippen molar-refractivity contribution in [2.24, 2.45) is 5.10 Å². The minimum Gasteiger partial charge on any atom is -0.496 e. The summed E-state index contributed by atoms with van der Waals surface area (Å²) < 4.78 is 20.2. The standard InChI is InChI=1S/C18H18N2O6/c1-23-14-7-5-4-6-13(14)17(21)26-15-9-8-12(10-16(15)24-2)11-19-20-18(22)25-3/h4-11H,1-3H3,(H,20,22)/b19-11+. The minimum atomic E-state index is -0.685. The van der Waals surface area contributed by atoms with E-state index in [9.17, 15) is 9.59 Å². The number of para-hydroxylation sites is 1. The first-order valence-corrected chi connectivity index (χ1v) is 7.49. The minimum absolute atomic E-state index is 0.237. The van der Waals surface area contributed by atoms with E-state index in [1.165, 1.54) is 27.5 Å².